The number of unbranched alkanes of at least 4 members (excludes halogenated alkanes) is 1. The van der Waals surface area contributed by atoms with Gasteiger partial charge in [-0.1, -0.05) is 57.2 Å². The molecule has 2 aromatic carbocycles. The average molecular weight is 381 g/mol. The van der Waals surface area contributed by atoms with E-state index in [0.717, 1.165) is 19.3 Å². The fraction of sp³-hybridized carbons (Fsp3) is 0.348. The van der Waals surface area contributed by atoms with Crippen LogP contribution in [0.3, 0.4) is 0 Å². The summed E-state index contributed by atoms with van der Waals surface area (Å²) in [4.78, 5) is 22.7. The molecule has 1 atom stereocenters. The summed E-state index contributed by atoms with van der Waals surface area (Å²) in [6.07, 6.45) is 6.54. The fourth-order valence-electron chi connectivity index (χ4n) is 2.70. The van der Waals surface area contributed by atoms with Gasteiger partial charge in [-0.15, -0.1) is 0 Å². The third-order valence-corrected chi connectivity index (χ3v) is 4.39. The van der Waals surface area contributed by atoms with Crippen LogP contribution >= 0.6 is 0 Å². The minimum absolute atomic E-state index is 0.0535. The van der Waals surface area contributed by atoms with E-state index >= 15 is 0 Å². The number of carbonyl (C=O) groups is 1. The van der Waals surface area contributed by atoms with Gasteiger partial charge in [-0.3, -0.25) is 10.1 Å². The molecule has 5 heteroatoms. The molecule has 0 aromatic heterocycles. The Morgan fingerprint density at radius 3 is 2.32 bits per heavy atom. The number of non-ortho nitro benzene ring substituents is 1. The number of ether oxygens (including phenoxy) is 1. The van der Waals surface area contributed by atoms with Crippen LogP contribution in [0.2, 0.25) is 0 Å². The van der Waals surface area contributed by atoms with Crippen molar-refractivity contribution in [2.45, 2.75) is 46.1 Å². The van der Waals surface area contributed by atoms with E-state index in [1.165, 1.54) is 29.8 Å². The third kappa shape index (κ3) is 6.65. The van der Waals surface area contributed by atoms with Gasteiger partial charge in [0.1, 0.15) is 6.10 Å². The van der Waals surface area contributed by atoms with Gasteiger partial charge in [0.15, 0.2) is 0 Å². The molecule has 0 spiro atoms. The van der Waals surface area contributed by atoms with Crippen LogP contribution in [0.5, 0.6) is 0 Å². The molecule has 2 aromatic rings. The molecule has 0 bridgehead atoms. The van der Waals surface area contributed by atoms with Crippen molar-refractivity contribution in [2.75, 3.05) is 0 Å². The molecule has 0 heterocycles. The Bertz CT molecular complexity index is 805. The van der Waals surface area contributed by atoms with E-state index in [0.29, 0.717) is 5.56 Å². The molecule has 0 aliphatic rings. The lowest BCUT2D eigenvalue weighted by Crippen LogP contribution is -2.30. The Balaban J connectivity index is 1.93. The number of hydrogen-bond donors (Lipinski definition) is 0. The molecule has 28 heavy (non-hydrogen) atoms. The Hall–Kier alpha value is -2.95. The highest BCUT2D eigenvalue weighted by atomic mass is 16.6. The molecule has 0 aliphatic heterocycles. The van der Waals surface area contributed by atoms with Crippen LogP contribution < -0.4 is 0 Å². The molecule has 5 nitrogen and oxygen atoms in total. The zero-order valence-corrected chi connectivity index (χ0v) is 16.6. The van der Waals surface area contributed by atoms with Gasteiger partial charge in [-0.05, 0) is 43.0 Å². The van der Waals surface area contributed by atoms with Crippen molar-refractivity contribution in [1.82, 2.24) is 0 Å². The summed E-state index contributed by atoms with van der Waals surface area (Å²) in [5, 5.41) is 10.7. The number of nitro groups is 1. The van der Waals surface area contributed by atoms with Crippen molar-refractivity contribution in [3.8, 4) is 0 Å². The second kappa shape index (κ2) is 9.83. The standard InChI is InChI=1S/C23H27NO4/c1-23(2,3)21(13-9-5-8-12-18-10-6-4-7-11-18)28-22(25)19-14-16-20(17-15-19)24(26)27/h4,6-7,9-11,13-17,21H,5,8,12H2,1-3H3/b13-9+/t21-/m0/s1. The van der Waals surface area contributed by atoms with Gasteiger partial charge in [-0.25, -0.2) is 4.79 Å². The van der Waals surface area contributed by atoms with Gasteiger partial charge in [0, 0.05) is 17.5 Å². The Morgan fingerprint density at radius 1 is 1.11 bits per heavy atom. The lowest BCUT2D eigenvalue weighted by molar-refractivity contribution is -0.384. The maximum absolute atomic E-state index is 12.4. The first-order valence-corrected chi connectivity index (χ1v) is 9.43. The largest absolute Gasteiger partial charge is 0.454 e. The highest BCUT2D eigenvalue weighted by Gasteiger charge is 2.26. The molecule has 0 saturated carbocycles. The average Bonchev–Trinajstić information content (AvgIpc) is 2.66. The maximum Gasteiger partial charge on any atom is 0.338 e. The number of benzene rings is 2. The molecule has 2 rings (SSSR count). The summed E-state index contributed by atoms with van der Waals surface area (Å²) in [5.41, 5.74) is 1.30. The number of rotatable bonds is 8. The molecule has 0 radical (unpaired) electrons. The van der Waals surface area contributed by atoms with Gasteiger partial charge in [0.05, 0.1) is 10.5 Å². The maximum atomic E-state index is 12.4. The van der Waals surface area contributed by atoms with Gasteiger partial charge < -0.3 is 4.74 Å². The number of nitro benzene ring substituents is 1. The van der Waals surface area contributed by atoms with Crippen LogP contribution in [0.15, 0.2) is 66.7 Å². The van der Waals surface area contributed by atoms with E-state index in [-0.39, 0.29) is 17.2 Å². The summed E-state index contributed by atoms with van der Waals surface area (Å²) in [6, 6.07) is 15.8. The summed E-state index contributed by atoms with van der Waals surface area (Å²) in [7, 11) is 0. The topological polar surface area (TPSA) is 69.4 Å². The summed E-state index contributed by atoms with van der Waals surface area (Å²) < 4.78 is 5.67. The van der Waals surface area contributed by atoms with Crippen LogP contribution in [0.25, 0.3) is 0 Å². The lowest BCUT2D eigenvalue weighted by atomic mass is 9.88. The highest BCUT2D eigenvalue weighted by Crippen LogP contribution is 2.25. The van der Waals surface area contributed by atoms with E-state index in [1.54, 1.807) is 0 Å². The smallest absolute Gasteiger partial charge is 0.338 e. The van der Waals surface area contributed by atoms with E-state index < -0.39 is 10.9 Å². The first kappa shape index (κ1) is 21.4. The molecule has 0 N–H and O–H groups in total. The van der Waals surface area contributed by atoms with Crippen molar-refractivity contribution in [1.29, 1.82) is 0 Å². The summed E-state index contributed by atoms with van der Waals surface area (Å²) >= 11 is 0. The Labute approximate surface area is 166 Å². The number of esters is 1. The molecule has 0 unspecified atom stereocenters. The van der Waals surface area contributed by atoms with Crippen molar-refractivity contribution >= 4 is 11.7 Å². The van der Waals surface area contributed by atoms with Gasteiger partial charge in [-0.2, -0.15) is 0 Å². The Morgan fingerprint density at radius 2 is 1.75 bits per heavy atom. The monoisotopic (exact) mass is 381 g/mol. The van der Waals surface area contributed by atoms with Crippen molar-refractivity contribution in [3.05, 3.63) is 88.0 Å². The van der Waals surface area contributed by atoms with Crippen LogP contribution in [0.1, 0.15) is 49.5 Å². The van der Waals surface area contributed by atoms with E-state index in [1.807, 2.05) is 45.0 Å². The molecular weight excluding hydrogens is 354 g/mol. The number of hydrogen-bond acceptors (Lipinski definition) is 4. The van der Waals surface area contributed by atoms with Crippen LogP contribution in [0, 0.1) is 15.5 Å². The minimum atomic E-state index is -0.495. The summed E-state index contributed by atoms with van der Waals surface area (Å²) in [6.45, 7) is 6.03. The number of allylic oxidation sites excluding steroid dienone is 1. The normalized spacial score (nSPS) is 12.7. The SMILES string of the molecule is CC(C)(C)[C@H](/C=C/CCCc1ccccc1)OC(=O)c1ccc([N+](=O)[O-])cc1. The van der Waals surface area contributed by atoms with Crippen molar-refractivity contribution in [2.24, 2.45) is 5.41 Å². The first-order chi connectivity index (χ1) is 13.3. The first-order valence-electron chi connectivity index (χ1n) is 9.43. The zero-order valence-electron chi connectivity index (χ0n) is 16.6. The molecule has 148 valence electrons. The van der Waals surface area contributed by atoms with Gasteiger partial charge in [0.25, 0.3) is 5.69 Å². The van der Waals surface area contributed by atoms with Crippen LogP contribution in [0.4, 0.5) is 5.69 Å². The second-order valence-corrected chi connectivity index (χ2v) is 7.80. The minimum Gasteiger partial charge on any atom is -0.454 e. The molecule has 0 fully saturated rings. The van der Waals surface area contributed by atoms with Crippen LogP contribution in [-0.4, -0.2) is 17.0 Å². The van der Waals surface area contributed by atoms with E-state index in [2.05, 4.69) is 18.2 Å². The zero-order chi connectivity index (χ0) is 20.6. The van der Waals surface area contributed by atoms with Crippen LogP contribution in [-0.2, 0) is 11.2 Å². The Kier molecular flexibility index (Phi) is 7.50. The van der Waals surface area contributed by atoms with Crippen molar-refractivity contribution in [3.63, 3.8) is 0 Å². The third-order valence-electron chi connectivity index (χ3n) is 4.39. The quantitative estimate of drug-likeness (QED) is 0.192. The molecule has 0 aliphatic carbocycles. The van der Waals surface area contributed by atoms with E-state index in [4.69, 9.17) is 4.74 Å². The number of aryl methyl sites for hydroxylation is 1. The predicted molar refractivity (Wildman–Crippen MR) is 110 cm³/mol. The van der Waals surface area contributed by atoms with E-state index in [9.17, 15) is 14.9 Å². The highest BCUT2D eigenvalue weighted by molar-refractivity contribution is 5.89. The fourth-order valence-corrected chi connectivity index (χ4v) is 2.70. The number of nitrogens with zero attached hydrogens (tertiary/aromatic N) is 1. The van der Waals surface area contributed by atoms with Gasteiger partial charge >= 0.3 is 5.97 Å². The molecule has 0 amide bonds. The molecule has 0 saturated heterocycles. The number of carbonyl (C=O) groups excluding carboxylic acids is 1. The van der Waals surface area contributed by atoms with Crippen molar-refractivity contribution < 1.29 is 14.5 Å². The molecular formula is C23H27NO4. The van der Waals surface area contributed by atoms with Gasteiger partial charge in [0.2, 0.25) is 0 Å². The second-order valence-electron chi connectivity index (χ2n) is 7.80. The lowest BCUT2D eigenvalue weighted by Gasteiger charge is -2.28. The summed E-state index contributed by atoms with van der Waals surface area (Å²) in [5.74, 6) is -0.483. The predicted octanol–water partition coefficient (Wildman–Crippen LogP) is 5.75.